The number of fused-ring (bicyclic) bond motifs is 1. The van der Waals surface area contributed by atoms with Crippen LogP contribution in [0.3, 0.4) is 0 Å². The SMILES string of the molecule is Cc1ccc(S(=O)(=O)NN2C(=O)c3ccccc3NC23CCCC3)cc1. The number of hydrogen-bond acceptors (Lipinski definition) is 4. The lowest BCUT2D eigenvalue weighted by Crippen LogP contribution is -2.64. The van der Waals surface area contributed by atoms with E-state index in [9.17, 15) is 13.2 Å². The summed E-state index contributed by atoms with van der Waals surface area (Å²) < 4.78 is 25.8. The van der Waals surface area contributed by atoms with Crippen molar-refractivity contribution in [3.05, 3.63) is 59.7 Å². The number of hydrazine groups is 1. The normalized spacial score (nSPS) is 18.7. The second-order valence-corrected chi connectivity index (χ2v) is 8.62. The third kappa shape index (κ3) is 2.77. The zero-order valence-electron chi connectivity index (χ0n) is 14.5. The fourth-order valence-electron chi connectivity index (χ4n) is 3.73. The molecule has 1 fully saturated rings. The fourth-order valence-corrected chi connectivity index (χ4v) is 4.83. The summed E-state index contributed by atoms with van der Waals surface area (Å²) in [7, 11) is -3.86. The van der Waals surface area contributed by atoms with Gasteiger partial charge in [0.2, 0.25) is 0 Å². The van der Waals surface area contributed by atoms with E-state index in [0.29, 0.717) is 18.4 Å². The molecule has 0 unspecified atom stereocenters. The van der Waals surface area contributed by atoms with Crippen molar-refractivity contribution in [1.82, 2.24) is 9.84 Å². The zero-order chi connectivity index (χ0) is 18.4. The predicted octanol–water partition coefficient (Wildman–Crippen LogP) is 3.03. The first kappa shape index (κ1) is 17.1. The number of anilines is 1. The molecule has 2 N–H and O–H groups in total. The highest BCUT2D eigenvalue weighted by atomic mass is 32.2. The van der Waals surface area contributed by atoms with E-state index in [4.69, 9.17) is 0 Å². The summed E-state index contributed by atoms with van der Waals surface area (Å²) in [4.78, 5) is 15.8. The average molecular weight is 371 g/mol. The molecule has 0 radical (unpaired) electrons. The maximum atomic E-state index is 13.1. The number of nitrogens with one attached hydrogen (secondary N) is 2. The van der Waals surface area contributed by atoms with Gasteiger partial charge in [0.1, 0.15) is 5.66 Å². The van der Waals surface area contributed by atoms with Gasteiger partial charge in [-0.05, 0) is 56.9 Å². The lowest BCUT2D eigenvalue weighted by molar-refractivity contribution is 0.0436. The summed E-state index contributed by atoms with van der Waals surface area (Å²) in [5, 5.41) is 4.70. The molecule has 26 heavy (non-hydrogen) atoms. The maximum absolute atomic E-state index is 13.1. The van der Waals surface area contributed by atoms with Crippen LogP contribution in [0.4, 0.5) is 5.69 Å². The van der Waals surface area contributed by atoms with Crippen molar-refractivity contribution < 1.29 is 13.2 Å². The Kier molecular flexibility index (Phi) is 4.00. The Morgan fingerprint density at radius 1 is 1.04 bits per heavy atom. The Bertz CT molecular complexity index is 948. The lowest BCUT2D eigenvalue weighted by atomic mass is 10.00. The van der Waals surface area contributed by atoms with E-state index >= 15 is 0 Å². The van der Waals surface area contributed by atoms with Crippen molar-refractivity contribution in [2.24, 2.45) is 0 Å². The molecule has 1 aliphatic carbocycles. The van der Waals surface area contributed by atoms with Crippen molar-refractivity contribution in [2.45, 2.75) is 43.2 Å². The lowest BCUT2D eigenvalue weighted by Gasteiger charge is -2.45. The summed E-state index contributed by atoms with van der Waals surface area (Å²) in [6.45, 7) is 1.90. The van der Waals surface area contributed by atoms with E-state index in [1.807, 2.05) is 19.1 Å². The van der Waals surface area contributed by atoms with Crippen LogP contribution < -0.4 is 10.1 Å². The van der Waals surface area contributed by atoms with Gasteiger partial charge in [-0.15, -0.1) is 4.83 Å². The Morgan fingerprint density at radius 2 is 1.69 bits per heavy atom. The van der Waals surface area contributed by atoms with Crippen LogP contribution in [0, 0.1) is 6.92 Å². The highest BCUT2D eigenvalue weighted by molar-refractivity contribution is 7.89. The van der Waals surface area contributed by atoms with Gasteiger partial charge in [0.05, 0.1) is 10.5 Å². The van der Waals surface area contributed by atoms with E-state index in [0.717, 1.165) is 24.1 Å². The molecule has 2 aromatic carbocycles. The largest absolute Gasteiger partial charge is 0.361 e. The minimum absolute atomic E-state index is 0.142. The third-order valence-electron chi connectivity index (χ3n) is 5.13. The zero-order valence-corrected chi connectivity index (χ0v) is 15.3. The molecule has 0 aromatic heterocycles. The highest BCUT2D eigenvalue weighted by Crippen LogP contribution is 2.40. The number of benzene rings is 2. The van der Waals surface area contributed by atoms with Crippen molar-refractivity contribution in [3.8, 4) is 0 Å². The fraction of sp³-hybridized carbons (Fsp3) is 0.316. The summed E-state index contributed by atoms with van der Waals surface area (Å²) in [6, 6.07) is 13.8. The molecule has 2 aromatic rings. The van der Waals surface area contributed by atoms with Gasteiger partial charge < -0.3 is 5.32 Å². The first-order chi connectivity index (χ1) is 12.4. The molecule has 1 heterocycles. The van der Waals surface area contributed by atoms with Gasteiger partial charge in [0, 0.05) is 5.69 Å². The predicted molar refractivity (Wildman–Crippen MR) is 98.9 cm³/mol. The van der Waals surface area contributed by atoms with Crippen LogP contribution in [0.15, 0.2) is 53.4 Å². The minimum atomic E-state index is -3.86. The summed E-state index contributed by atoms with van der Waals surface area (Å²) >= 11 is 0. The molecule has 4 rings (SSSR count). The molecule has 7 heteroatoms. The van der Waals surface area contributed by atoms with Gasteiger partial charge in [0.25, 0.3) is 15.9 Å². The second-order valence-electron chi connectivity index (χ2n) is 6.96. The number of sulfonamides is 1. The standard InChI is InChI=1S/C19H21N3O3S/c1-14-8-10-15(11-9-14)26(24,25)21-22-18(23)16-6-2-3-7-17(16)20-19(22)12-4-5-13-19/h2-3,6-11,20-21H,4-5,12-13H2,1H3. The Hall–Kier alpha value is -2.38. The van der Waals surface area contributed by atoms with Crippen LogP contribution in [-0.4, -0.2) is 25.0 Å². The number of hydrogen-bond donors (Lipinski definition) is 2. The smallest absolute Gasteiger partial charge is 0.273 e. The maximum Gasteiger partial charge on any atom is 0.273 e. The molecular formula is C19H21N3O3S. The van der Waals surface area contributed by atoms with E-state index in [1.54, 1.807) is 36.4 Å². The Labute approximate surface area is 153 Å². The molecule has 136 valence electrons. The van der Waals surface area contributed by atoms with Crippen molar-refractivity contribution in [3.63, 3.8) is 0 Å². The first-order valence-electron chi connectivity index (χ1n) is 8.72. The highest BCUT2D eigenvalue weighted by Gasteiger charge is 2.48. The first-order valence-corrected chi connectivity index (χ1v) is 10.2. The molecule has 6 nitrogen and oxygen atoms in total. The molecule has 0 saturated heterocycles. The summed E-state index contributed by atoms with van der Waals surface area (Å²) in [6.07, 6.45) is 3.27. The average Bonchev–Trinajstić information content (AvgIpc) is 3.08. The number of rotatable bonds is 3. The van der Waals surface area contributed by atoms with Crippen molar-refractivity contribution >= 4 is 21.6 Å². The molecule has 1 amide bonds. The van der Waals surface area contributed by atoms with Crippen LogP contribution in [0.1, 0.15) is 41.6 Å². The van der Waals surface area contributed by atoms with Gasteiger partial charge >= 0.3 is 0 Å². The van der Waals surface area contributed by atoms with Crippen LogP contribution in [0.2, 0.25) is 0 Å². The van der Waals surface area contributed by atoms with Crippen LogP contribution in [-0.2, 0) is 10.0 Å². The number of aryl methyl sites for hydroxylation is 1. The number of carbonyl (C=O) groups excluding carboxylic acids is 1. The van der Waals surface area contributed by atoms with Crippen molar-refractivity contribution in [1.29, 1.82) is 0 Å². The molecule has 1 aliphatic heterocycles. The summed E-state index contributed by atoms with van der Waals surface area (Å²) in [5.41, 5.74) is 1.48. The third-order valence-corrected chi connectivity index (χ3v) is 6.45. The second kappa shape index (κ2) is 6.10. The van der Waals surface area contributed by atoms with E-state index < -0.39 is 15.7 Å². The van der Waals surface area contributed by atoms with E-state index in [2.05, 4.69) is 10.1 Å². The Balaban J connectivity index is 1.73. The quantitative estimate of drug-likeness (QED) is 0.869. The van der Waals surface area contributed by atoms with Gasteiger partial charge in [-0.1, -0.05) is 29.8 Å². The number of para-hydroxylation sites is 1. The monoisotopic (exact) mass is 371 g/mol. The molecule has 0 atom stereocenters. The van der Waals surface area contributed by atoms with Gasteiger partial charge in [-0.3, -0.25) is 4.79 Å². The number of amides is 1. The summed E-state index contributed by atoms with van der Waals surface area (Å²) in [5.74, 6) is -0.322. The number of nitrogens with zero attached hydrogens (tertiary/aromatic N) is 1. The molecule has 1 spiro atoms. The van der Waals surface area contributed by atoms with Gasteiger partial charge in [-0.25, -0.2) is 13.4 Å². The Morgan fingerprint density at radius 3 is 2.38 bits per heavy atom. The van der Waals surface area contributed by atoms with Crippen molar-refractivity contribution in [2.75, 3.05) is 5.32 Å². The molecule has 2 aliphatic rings. The van der Waals surface area contributed by atoms with Gasteiger partial charge in [0.15, 0.2) is 0 Å². The van der Waals surface area contributed by atoms with Crippen LogP contribution in [0.5, 0.6) is 0 Å². The van der Waals surface area contributed by atoms with E-state index in [1.165, 1.54) is 5.01 Å². The molecule has 0 bridgehead atoms. The number of carbonyl (C=O) groups is 1. The minimum Gasteiger partial charge on any atom is -0.361 e. The van der Waals surface area contributed by atoms with E-state index in [-0.39, 0.29) is 10.8 Å². The topological polar surface area (TPSA) is 78.5 Å². The molecule has 1 saturated carbocycles. The van der Waals surface area contributed by atoms with Crippen LogP contribution >= 0.6 is 0 Å². The molecular weight excluding hydrogens is 350 g/mol. The van der Waals surface area contributed by atoms with Crippen LogP contribution in [0.25, 0.3) is 0 Å². The van der Waals surface area contributed by atoms with Gasteiger partial charge in [-0.2, -0.15) is 0 Å².